The smallest absolute Gasteiger partial charge is 0.115 e. The minimum atomic E-state index is -0.137. The predicted octanol–water partition coefficient (Wildman–Crippen LogP) is 8.80. The minimum absolute atomic E-state index is 0.137. The number of phenols is 2. The van der Waals surface area contributed by atoms with E-state index in [4.69, 9.17) is 0 Å². The van der Waals surface area contributed by atoms with Crippen LogP contribution in [-0.4, -0.2) is 10.2 Å². The number of aromatic hydroxyl groups is 2. The van der Waals surface area contributed by atoms with Crippen LogP contribution in [-0.2, 0) is 5.41 Å². The highest BCUT2D eigenvalue weighted by molar-refractivity contribution is 5.45. The lowest BCUT2D eigenvalue weighted by Crippen LogP contribution is -2.41. The van der Waals surface area contributed by atoms with Gasteiger partial charge in [-0.25, -0.2) is 0 Å². The van der Waals surface area contributed by atoms with E-state index in [1.807, 2.05) is 12.1 Å². The van der Waals surface area contributed by atoms with Gasteiger partial charge in [-0.05, 0) is 195 Å². The van der Waals surface area contributed by atoms with Gasteiger partial charge in [-0.2, -0.15) is 0 Å². The summed E-state index contributed by atoms with van der Waals surface area (Å²) in [6.45, 7) is 0. The van der Waals surface area contributed by atoms with Gasteiger partial charge < -0.3 is 10.2 Å². The standard InChI is InChI=1S/C39H48O2/c40-31-5-1-3-29(17-31)39(30-4-2-6-32(41)18-30,19-27-13-25-15-33(27)37-23-9-7-21(11-23)35(25)37)20-28-14-26-16-34(28)38-24-10-8-22(12-24)36(26)38/h1-6,17-18,21-28,33-38,40-41H,7-16,19-20H2. The van der Waals surface area contributed by atoms with E-state index >= 15 is 0 Å². The van der Waals surface area contributed by atoms with Crippen molar-refractivity contribution in [1.82, 2.24) is 0 Å². The first-order chi connectivity index (χ1) is 20.1. The van der Waals surface area contributed by atoms with Gasteiger partial charge in [0.15, 0.2) is 0 Å². The summed E-state index contributed by atoms with van der Waals surface area (Å²) in [6.07, 6.45) is 17.4. The first-order valence-electron chi connectivity index (χ1n) is 17.6. The molecule has 0 spiro atoms. The van der Waals surface area contributed by atoms with Crippen LogP contribution in [0.2, 0.25) is 0 Å². The fourth-order valence-corrected chi connectivity index (χ4v) is 15.1. The number of benzene rings is 2. The molecule has 216 valence electrons. The van der Waals surface area contributed by atoms with Crippen molar-refractivity contribution < 1.29 is 10.2 Å². The van der Waals surface area contributed by atoms with E-state index in [-0.39, 0.29) is 5.41 Å². The summed E-state index contributed by atoms with van der Waals surface area (Å²) in [7, 11) is 0. The number of fused-ring (bicyclic) bond motifs is 18. The number of rotatable bonds is 6. The Labute approximate surface area is 246 Å². The Morgan fingerprint density at radius 2 is 0.951 bits per heavy atom. The second-order valence-corrected chi connectivity index (χ2v) is 16.9. The molecule has 0 amide bonds. The van der Waals surface area contributed by atoms with Gasteiger partial charge in [0, 0.05) is 5.41 Å². The van der Waals surface area contributed by atoms with Gasteiger partial charge >= 0.3 is 0 Å². The molecule has 2 nitrogen and oxygen atoms in total. The fourth-order valence-electron chi connectivity index (χ4n) is 15.1. The molecule has 8 saturated carbocycles. The summed E-state index contributed by atoms with van der Waals surface area (Å²) in [6, 6.07) is 16.7. The van der Waals surface area contributed by atoms with Gasteiger partial charge in [-0.1, -0.05) is 24.3 Å². The Bertz CT molecular complexity index is 1260. The maximum atomic E-state index is 10.8. The maximum Gasteiger partial charge on any atom is 0.115 e. The van der Waals surface area contributed by atoms with Crippen molar-refractivity contribution in [2.24, 2.45) is 82.9 Å². The van der Waals surface area contributed by atoms with Gasteiger partial charge in [0.1, 0.15) is 11.5 Å². The average molecular weight is 549 g/mol. The molecule has 8 aliphatic carbocycles. The quantitative estimate of drug-likeness (QED) is 0.354. The molecule has 14 unspecified atom stereocenters. The monoisotopic (exact) mass is 548 g/mol. The van der Waals surface area contributed by atoms with Crippen molar-refractivity contribution in [3.8, 4) is 11.5 Å². The predicted molar refractivity (Wildman–Crippen MR) is 161 cm³/mol. The first-order valence-corrected chi connectivity index (χ1v) is 17.6. The molecule has 2 heteroatoms. The van der Waals surface area contributed by atoms with Crippen LogP contribution in [0.25, 0.3) is 0 Å². The molecule has 0 heterocycles. The Morgan fingerprint density at radius 1 is 0.512 bits per heavy atom. The van der Waals surface area contributed by atoms with Crippen LogP contribution in [0.3, 0.4) is 0 Å². The zero-order valence-electron chi connectivity index (χ0n) is 24.6. The van der Waals surface area contributed by atoms with Gasteiger partial charge in [-0.15, -0.1) is 0 Å². The van der Waals surface area contributed by atoms with Crippen molar-refractivity contribution in [2.75, 3.05) is 0 Å². The first kappa shape index (κ1) is 24.5. The summed E-state index contributed by atoms with van der Waals surface area (Å²) in [5.74, 6) is 14.3. The molecule has 0 aliphatic heterocycles. The Hall–Kier alpha value is -1.96. The fraction of sp³-hybridized carbons (Fsp3) is 0.692. The van der Waals surface area contributed by atoms with Crippen LogP contribution >= 0.6 is 0 Å². The molecule has 2 N–H and O–H groups in total. The highest BCUT2D eigenvalue weighted by Crippen LogP contribution is 2.72. The topological polar surface area (TPSA) is 40.5 Å². The Kier molecular flexibility index (Phi) is 5.12. The van der Waals surface area contributed by atoms with Crippen LogP contribution in [0, 0.1) is 82.9 Å². The zero-order valence-corrected chi connectivity index (χ0v) is 24.6. The van der Waals surface area contributed by atoms with Crippen LogP contribution in [0.4, 0.5) is 0 Å². The molecule has 0 radical (unpaired) electrons. The van der Waals surface area contributed by atoms with Crippen LogP contribution in [0.1, 0.15) is 88.2 Å². The lowest BCUT2D eigenvalue weighted by atomic mass is 9.57. The van der Waals surface area contributed by atoms with Crippen LogP contribution in [0.5, 0.6) is 11.5 Å². The second kappa shape index (κ2) is 8.57. The van der Waals surface area contributed by atoms with E-state index in [0.717, 1.165) is 82.9 Å². The Morgan fingerprint density at radius 3 is 1.39 bits per heavy atom. The normalized spacial score (nSPS) is 47.9. The molecule has 14 atom stereocenters. The molecule has 8 fully saturated rings. The molecule has 41 heavy (non-hydrogen) atoms. The summed E-state index contributed by atoms with van der Waals surface area (Å²) < 4.78 is 0. The summed E-state index contributed by atoms with van der Waals surface area (Å²) >= 11 is 0. The highest BCUT2D eigenvalue weighted by Gasteiger charge is 2.65. The van der Waals surface area contributed by atoms with Crippen molar-refractivity contribution in [3.63, 3.8) is 0 Å². The van der Waals surface area contributed by atoms with Crippen LogP contribution in [0.15, 0.2) is 48.5 Å². The maximum absolute atomic E-state index is 10.8. The van der Waals surface area contributed by atoms with E-state index in [2.05, 4.69) is 36.4 Å². The van der Waals surface area contributed by atoms with Gasteiger partial charge in [0.25, 0.3) is 0 Å². The second-order valence-electron chi connectivity index (χ2n) is 16.9. The zero-order chi connectivity index (χ0) is 27.0. The van der Waals surface area contributed by atoms with Gasteiger partial charge in [-0.3, -0.25) is 0 Å². The summed E-state index contributed by atoms with van der Waals surface area (Å²) in [5, 5.41) is 21.7. The molecular weight excluding hydrogens is 500 g/mol. The number of hydrogen-bond acceptors (Lipinski definition) is 2. The van der Waals surface area contributed by atoms with Crippen molar-refractivity contribution in [2.45, 2.75) is 82.5 Å². The third-order valence-corrected chi connectivity index (χ3v) is 15.8. The van der Waals surface area contributed by atoms with Crippen molar-refractivity contribution >= 4 is 0 Å². The largest absolute Gasteiger partial charge is 0.508 e. The highest BCUT2D eigenvalue weighted by atomic mass is 16.3. The molecule has 8 aliphatic rings. The van der Waals surface area contributed by atoms with Crippen molar-refractivity contribution in [3.05, 3.63) is 59.7 Å². The van der Waals surface area contributed by atoms with Crippen LogP contribution < -0.4 is 0 Å². The molecule has 0 aromatic heterocycles. The summed E-state index contributed by atoms with van der Waals surface area (Å²) in [5.41, 5.74) is 2.48. The van der Waals surface area contributed by atoms with E-state index in [0.29, 0.717) is 11.5 Å². The third-order valence-electron chi connectivity index (χ3n) is 15.8. The lowest BCUT2D eigenvalue weighted by molar-refractivity contribution is 0.0711. The number of hydrogen-bond donors (Lipinski definition) is 2. The van der Waals surface area contributed by atoms with Gasteiger partial charge in [0.05, 0.1) is 0 Å². The minimum Gasteiger partial charge on any atom is -0.508 e. The summed E-state index contributed by atoms with van der Waals surface area (Å²) in [4.78, 5) is 0. The van der Waals surface area contributed by atoms with Crippen molar-refractivity contribution in [1.29, 1.82) is 0 Å². The van der Waals surface area contributed by atoms with E-state index in [1.54, 1.807) is 0 Å². The molecule has 10 rings (SSSR count). The van der Waals surface area contributed by atoms with E-state index in [1.165, 1.54) is 88.2 Å². The Balaban J connectivity index is 1.06. The SMILES string of the molecule is Oc1cccc(C(CC2CC3CC2C2C4CCC(C4)C32)(CC2CC3CC2C2C4CCC(C4)C32)c2cccc(O)c2)c1. The van der Waals surface area contributed by atoms with Gasteiger partial charge in [0.2, 0.25) is 0 Å². The third kappa shape index (κ3) is 3.32. The van der Waals surface area contributed by atoms with E-state index < -0.39 is 0 Å². The molecule has 8 bridgehead atoms. The molecule has 2 aromatic rings. The molecule has 2 aromatic carbocycles. The lowest BCUT2D eigenvalue weighted by Gasteiger charge is -2.47. The van der Waals surface area contributed by atoms with E-state index in [9.17, 15) is 10.2 Å². The average Bonchev–Trinajstić information content (AvgIpc) is 3.81. The number of phenolic OH excluding ortho intramolecular Hbond substituents is 2. The molecule has 0 saturated heterocycles. The molecular formula is C39H48O2.